The van der Waals surface area contributed by atoms with Crippen molar-refractivity contribution in [1.29, 1.82) is 0 Å². The van der Waals surface area contributed by atoms with E-state index in [1.165, 1.54) is 0 Å². The van der Waals surface area contributed by atoms with Gasteiger partial charge < -0.3 is 18.9 Å². The van der Waals surface area contributed by atoms with E-state index in [0.29, 0.717) is 26.4 Å². The fourth-order valence-corrected chi connectivity index (χ4v) is 2.20. The maximum Gasteiger partial charge on any atom is 0.308 e. The maximum atomic E-state index is 11.6. The molecule has 0 N–H and O–H groups in total. The van der Waals surface area contributed by atoms with Gasteiger partial charge in [-0.3, -0.25) is 9.59 Å². The van der Waals surface area contributed by atoms with Gasteiger partial charge in [-0.25, -0.2) is 0 Å². The monoisotopic (exact) mass is 346 g/mol. The van der Waals surface area contributed by atoms with Gasteiger partial charge in [-0.1, -0.05) is 27.7 Å². The van der Waals surface area contributed by atoms with Crippen molar-refractivity contribution < 1.29 is 28.5 Å². The van der Waals surface area contributed by atoms with E-state index >= 15 is 0 Å². The average molecular weight is 346 g/mol. The van der Waals surface area contributed by atoms with Gasteiger partial charge >= 0.3 is 11.9 Å². The molecule has 0 aromatic carbocycles. The summed E-state index contributed by atoms with van der Waals surface area (Å²) < 4.78 is 20.9. The summed E-state index contributed by atoms with van der Waals surface area (Å²) in [6.45, 7) is 10.0. The summed E-state index contributed by atoms with van der Waals surface area (Å²) in [6, 6.07) is 0. The second-order valence-corrected chi connectivity index (χ2v) is 5.59. The lowest BCUT2D eigenvalue weighted by Gasteiger charge is -2.12. The zero-order valence-electron chi connectivity index (χ0n) is 15.7. The van der Waals surface area contributed by atoms with E-state index in [9.17, 15) is 9.59 Å². The van der Waals surface area contributed by atoms with Gasteiger partial charge in [0.1, 0.15) is 13.2 Å². The summed E-state index contributed by atoms with van der Waals surface area (Å²) in [4.78, 5) is 23.2. The van der Waals surface area contributed by atoms with Crippen LogP contribution < -0.4 is 0 Å². The Balaban J connectivity index is 3.43. The summed E-state index contributed by atoms with van der Waals surface area (Å²) in [6.07, 6.45) is 3.19. The van der Waals surface area contributed by atoms with E-state index in [1.807, 2.05) is 27.7 Å². The van der Waals surface area contributed by atoms with Crippen LogP contribution in [0.25, 0.3) is 0 Å². The van der Waals surface area contributed by atoms with Crippen molar-refractivity contribution in [1.82, 2.24) is 0 Å². The summed E-state index contributed by atoms with van der Waals surface area (Å²) in [7, 11) is 0. The van der Waals surface area contributed by atoms with Gasteiger partial charge in [-0.2, -0.15) is 0 Å². The molecular formula is C18H34O6. The Bertz CT molecular complexity index is 291. The number of carbonyl (C=O) groups is 2. The van der Waals surface area contributed by atoms with Gasteiger partial charge in [-0.15, -0.1) is 0 Å². The minimum absolute atomic E-state index is 0.0175. The molecule has 0 bridgehead atoms. The lowest BCUT2D eigenvalue weighted by molar-refractivity contribution is -0.152. The van der Waals surface area contributed by atoms with Crippen molar-refractivity contribution in [2.45, 2.75) is 53.4 Å². The van der Waals surface area contributed by atoms with Crippen molar-refractivity contribution in [2.24, 2.45) is 11.8 Å². The van der Waals surface area contributed by atoms with Crippen LogP contribution in [0.5, 0.6) is 0 Å². The van der Waals surface area contributed by atoms with Crippen molar-refractivity contribution in [3.05, 3.63) is 0 Å². The Morgan fingerprint density at radius 3 is 1.17 bits per heavy atom. The Morgan fingerprint density at radius 2 is 0.875 bits per heavy atom. The van der Waals surface area contributed by atoms with E-state index in [-0.39, 0.29) is 37.0 Å². The van der Waals surface area contributed by atoms with Crippen LogP contribution in [-0.4, -0.2) is 51.6 Å². The highest BCUT2D eigenvalue weighted by molar-refractivity contribution is 5.72. The van der Waals surface area contributed by atoms with Gasteiger partial charge in [-0.05, 0) is 25.7 Å². The van der Waals surface area contributed by atoms with Gasteiger partial charge in [0.05, 0.1) is 38.3 Å². The SMILES string of the molecule is CCC(CC)C(=O)OCCOCCOCCOC(=O)C(CC)CC. The molecule has 0 aliphatic carbocycles. The Kier molecular flexibility index (Phi) is 14.7. The van der Waals surface area contributed by atoms with Crippen molar-refractivity contribution in [2.75, 3.05) is 39.6 Å². The molecule has 0 aromatic heterocycles. The first-order valence-electron chi connectivity index (χ1n) is 9.09. The summed E-state index contributed by atoms with van der Waals surface area (Å²) in [5.41, 5.74) is 0. The second kappa shape index (κ2) is 15.4. The molecule has 0 aliphatic rings. The molecule has 0 saturated carbocycles. The highest BCUT2D eigenvalue weighted by Crippen LogP contribution is 2.10. The fourth-order valence-electron chi connectivity index (χ4n) is 2.20. The molecule has 24 heavy (non-hydrogen) atoms. The molecule has 0 saturated heterocycles. The van der Waals surface area contributed by atoms with E-state index in [4.69, 9.17) is 18.9 Å². The first-order chi connectivity index (χ1) is 11.6. The molecule has 6 heteroatoms. The predicted octanol–water partition coefficient (Wildman–Crippen LogP) is 2.98. The molecule has 142 valence electrons. The van der Waals surface area contributed by atoms with Crippen LogP contribution in [0.1, 0.15) is 53.4 Å². The molecule has 0 aliphatic heterocycles. The van der Waals surface area contributed by atoms with E-state index in [0.717, 1.165) is 25.7 Å². The Morgan fingerprint density at radius 1 is 0.583 bits per heavy atom. The quantitative estimate of drug-likeness (QED) is 0.335. The van der Waals surface area contributed by atoms with Gasteiger partial charge in [0, 0.05) is 0 Å². The summed E-state index contributed by atoms with van der Waals surface area (Å²) in [5, 5.41) is 0. The first-order valence-corrected chi connectivity index (χ1v) is 9.09. The summed E-state index contributed by atoms with van der Waals surface area (Å²) in [5.74, 6) is -0.342. The molecule has 0 unspecified atom stereocenters. The number of carbonyl (C=O) groups excluding carboxylic acids is 2. The van der Waals surface area contributed by atoms with E-state index in [2.05, 4.69) is 0 Å². The minimum Gasteiger partial charge on any atom is -0.463 e. The molecule has 0 radical (unpaired) electrons. The lowest BCUT2D eigenvalue weighted by Crippen LogP contribution is -2.20. The smallest absolute Gasteiger partial charge is 0.308 e. The number of esters is 2. The molecular weight excluding hydrogens is 312 g/mol. The van der Waals surface area contributed by atoms with E-state index in [1.54, 1.807) is 0 Å². The second-order valence-electron chi connectivity index (χ2n) is 5.59. The first kappa shape index (κ1) is 22.9. The minimum atomic E-state index is -0.154. The predicted molar refractivity (Wildman–Crippen MR) is 91.7 cm³/mol. The standard InChI is InChI=1S/C18H34O6/c1-5-15(6-2)17(19)23-13-11-21-9-10-22-12-14-24-18(20)16(7-3)8-4/h15-16H,5-14H2,1-4H3. The highest BCUT2D eigenvalue weighted by atomic mass is 16.6. The third kappa shape index (κ3) is 10.6. The van der Waals surface area contributed by atoms with Crippen molar-refractivity contribution >= 4 is 11.9 Å². The molecule has 0 spiro atoms. The van der Waals surface area contributed by atoms with Crippen molar-refractivity contribution in [3.8, 4) is 0 Å². The average Bonchev–Trinajstić information content (AvgIpc) is 2.58. The third-order valence-electron chi connectivity index (χ3n) is 3.95. The number of ether oxygens (including phenoxy) is 4. The molecule has 0 fully saturated rings. The number of hydrogen-bond donors (Lipinski definition) is 0. The topological polar surface area (TPSA) is 71.1 Å². The number of rotatable bonds is 15. The van der Waals surface area contributed by atoms with Crippen LogP contribution in [0, 0.1) is 11.8 Å². The number of hydrogen-bond acceptors (Lipinski definition) is 6. The van der Waals surface area contributed by atoms with Crippen LogP contribution in [0.2, 0.25) is 0 Å². The fraction of sp³-hybridized carbons (Fsp3) is 0.889. The van der Waals surface area contributed by atoms with Crippen LogP contribution in [0.15, 0.2) is 0 Å². The molecule has 0 amide bonds. The van der Waals surface area contributed by atoms with Crippen LogP contribution in [-0.2, 0) is 28.5 Å². The molecule has 0 aromatic rings. The molecule has 6 nitrogen and oxygen atoms in total. The van der Waals surface area contributed by atoms with Gasteiger partial charge in [0.25, 0.3) is 0 Å². The zero-order valence-corrected chi connectivity index (χ0v) is 15.7. The Labute approximate surface area is 146 Å². The molecule has 0 heterocycles. The largest absolute Gasteiger partial charge is 0.463 e. The lowest BCUT2D eigenvalue weighted by atomic mass is 10.0. The maximum absolute atomic E-state index is 11.6. The molecule has 0 rings (SSSR count). The van der Waals surface area contributed by atoms with E-state index < -0.39 is 0 Å². The van der Waals surface area contributed by atoms with Crippen LogP contribution in [0.3, 0.4) is 0 Å². The normalized spacial score (nSPS) is 11.1. The van der Waals surface area contributed by atoms with Gasteiger partial charge in [0.15, 0.2) is 0 Å². The van der Waals surface area contributed by atoms with Crippen LogP contribution >= 0.6 is 0 Å². The summed E-state index contributed by atoms with van der Waals surface area (Å²) >= 11 is 0. The molecule has 0 atom stereocenters. The zero-order chi connectivity index (χ0) is 18.2. The van der Waals surface area contributed by atoms with Crippen LogP contribution in [0.4, 0.5) is 0 Å². The third-order valence-corrected chi connectivity index (χ3v) is 3.95. The van der Waals surface area contributed by atoms with Crippen molar-refractivity contribution in [3.63, 3.8) is 0 Å². The van der Waals surface area contributed by atoms with Gasteiger partial charge in [0.2, 0.25) is 0 Å². The Hall–Kier alpha value is -1.14. The highest BCUT2D eigenvalue weighted by Gasteiger charge is 2.15.